The van der Waals surface area contributed by atoms with Gasteiger partial charge in [0.1, 0.15) is 34.7 Å². The maximum absolute atomic E-state index is 13.1. The topological polar surface area (TPSA) is 162 Å². The van der Waals surface area contributed by atoms with Gasteiger partial charge in [0, 0.05) is 32.4 Å². The number of aromatic nitrogens is 2. The largest absolute Gasteiger partial charge is 0.497 e. The van der Waals surface area contributed by atoms with Crippen LogP contribution in [-0.4, -0.2) is 95.8 Å². The first-order chi connectivity index (χ1) is 20.5. The molecule has 43 heavy (non-hydrogen) atoms. The highest BCUT2D eigenvalue weighted by Gasteiger charge is 2.39. The van der Waals surface area contributed by atoms with Crippen LogP contribution in [-0.2, 0) is 32.0 Å². The zero-order chi connectivity index (χ0) is 31.6. The standard InChI is InChI=1S/C30H44N4O9/c1-7-41-28(37)23-11-10-21(16-34(23)29(38)43-30(2,3)4)31-25-14-19(9-8-12-35)27(33-32-25)26-20(17-36)13-22(40-6)15-24(26)42-18-39-5/h13-15,21,23,35-36H,7-12,16-18H2,1-6H3,(H,31,32)/t21-,23+/m1/s1. The van der Waals surface area contributed by atoms with Gasteiger partial charge < -0.3 is 39.2 Å². The summed E-state index contributed by atoms with van der Waals surface area (Å²) in [6, 6.07) is 4.22. The van der Waals surface area contributed by atoms with E-state index >= 15 is 0 Å². The van der Waals surface area contributed by atoms with E-state index in [0.717, 1.165) is 5.56 Å². The van der Waals surface area contributed by atoms with Gasteiger partial charge in [-0.1, -0.05) is 0 Å². The zero-order valence-corrected chi connectivity index (χ0v) is 25.8. The van der Waals surface area contributed by atoms with E-state index in [1.807, 2.05) is 6.07 Å². The molecule has 3 rings (SSSR count). The SMILES string of the molecule is CCOC(=O)[C@@H]1CC[C@@H](Nc2cc(CCCO)c(-c3c(CO)cc(OC)cc3OCOC)nn2)CN1C(=O)OC(C)(C)C. The summed E-state index contributed by atoms with van der Waals surface area (Å²) in [5, 5.41) is 32.1. The Hall–Kier alpha value is -3.68. The number of rotatable bonds is 13. The molecule has 13 heteroatoms. The van der Waals surface area contributed by atoms with Crippen molar-refractivity contribution in [2.24, 2.45) is 0 Å². The molecule has 1 amide bonds. The van der Waals surface area contributed by atoms with E-state index in [2.05, 4.69) is 15.5 Å². The van der Waals surface area contributed by atoms with Crippen molar-refractivity contribution >= 4 is 17.9 Å². The second-order valence-corrected chi connectivity index (χ2v) is 11.1. The zero-order valence-electron chi connectivity index (χ0n) is 25.8. The number of aliphatic hydroxyl groups excluding tert-OH is 2. The van der Waals surface area contributed by atoms with Crippen LogP contribution in [0, 0.1) is 0 Å². The van der Waals surface area contributed by atoms with E-state index in [9.17, 15) is 19.8 Å². The Morgan fingerprint density at radius 3 is 2.49 bits per heavy atom. The number of carbonyl (C=O) groups is 2. The van der Waals surface area contributed by atoms with Gasteiger partial charge in [-0.2, -0.15) is 0 Å². The molecule has 0 bridgehead atoms. The molecule has 2 atom stereocenters. The average molecular weight is 605 g/mol. The summed E-state index contributed by atoms with van der Waals surface area (Å²) in [7, 11) is 3.03. The lowest BCUT2D eigenvalue weighted by Gasteiger charge is -2.39. The molecule has 2 heterocycles. The van der Waals surface area contributed by atoms with Gasteiger partial charge in [-0.3, -0.25) is 4.90 Å². The Labute approximate surface area is 252 Å². The number of methoxy groups -OCH3 is 2. The minimum Gasteiger partial charge on any atom is -0.497 e. The Balaban J connectivity index is 1.95. The predicted octanol–water partition coefficient (Wildman–Crippen LogP) is 3.30. The Kier molecular flexibility index (Phi) is 12.3. The molecular formula is C30H44N4O9. The lowest BCUT2D eigenvalue weighted by molar-refractivity contribution is -0.150. The molecule has 1 saturated heterocycles. The third-order valence-corrected chi connectivity index (χ3v) is 6.73. The van der Waals surface area contributed by atoms with Gasteiger partial charge in [-0.15, -0.1) is 10.2 Å². The number of hydrogen-bond donors (Lipinski definition) is 3. The molecule has 0 radical (unpaired) electrons. The van der Waals surface area contributed by atoms with Gasteiger partial charge in [0.15, 0.2) is 6.79 Å². The number of ether oxygens (including phenoxy) is 5. The molecule has 1 aliphatic rings. The van der Waals surface area contributed by atoms with Gasteiger partial charge in [-0.05, 0) is 76.6 Å². The molecule has 1 aromatic carbocycles. The average Bonchev–Trinajstić information content (AvgIpc) is 2.97. The minimum absolute atomic E-state index is 0.0320. The third kappa shape index (κ3) is 9.15. The van der Waals surface area contributed by atoms with Crippen molar-refractivity contribution in [3.05, 3.63) is 29.3 Å². The van der Waals surface area contributed by atoms with E-state index in [0.29, 0.717) is 59.8 Å². The van der Waals surface area contributed by atoms with E-state index in [-0.39, 0.29) is 39.2 Å². The van der Waals surface area contributed by atoms with Crippen molar-refractivity contribution in [3.63, 3.8) is 0 Å². The quantitative estimate of drug-likeness (QED) is 0.226. The highest BCUT2D eigenvalue weighted by atomic mass is 16.7. The number of benzene rings is 1. The van der Waals surface area contributed by atoms with Gasteiger partial charge in [0.05, 0.1) is 25.9 Å². The maximum Gasteiger partial charge on any atom is 0.411 e. The summed E-state index contributed by atoms with van der Waals surface area (Å²) in [6.07, 6.45) is 1.29. The van der Waals surface area contributed by atoms with Crippen molar-refractivity contribution in [2.45, 2.75) is 77.7 Å². The molecule has 0 unspecified atom stereocenters. The second-order valence-electron chi connectivity index (χ2n) is 11.1. The molecule has 3 N–H and O–H groups in total. The molecule has 13 nitrogen and oxygen atoms in total. The van der Waals surface area contributed by atoms with Crippen molar-refractivity contribution in [1.82, 2.24) is 15.1 Å². The van der Waals surface area contributed by atoms with Crippen molar-refractivity contribution in [3.8, 4) is 22.8 Å². The summed E-state index contributed by atoms with van der Waals surface area (Å²) in [4.78, 5) is 27.2. The molecule has 1 aliphatic heterocycles. The number of likely N-dealkylation sites (tertiary alicyclic amines) is 1. The van der Waals surface area contributed by atoms with Crippen LogP contribution in [0.2, 0.25) is 0 Å². The normalized spacial score (nSPS) is 16.9. The van der Waals surface area contributed by atoms with Crippen molar-refractivity contribution < 1.29 is 43.5 Å². The van der Waals surface area contributed by atoms with E-state index in [1.54, 1.807) is 39.8 Å². The summed E-state index contributed by atoms with van der Waals surface area (Å²) in [5.74, 6) is 0.887. The molecule has 1 fully saturated rings. The van der Waals surface area contributed by atoms with Crippen LogP contribution >= 0.6 is 0 Å². The van der Waals surface area contributed by atoms with Crippen LogP contribution in [0.5, 0.6) is 11.5 Å². The van der Waals surface area contributed by atoms with Crippen LogP contribution in [0.25, 0.3) is 11.3 Å². The number of amides is 1. The van der Waals surface area contributed by atoms with Crippen LogP contribution in [0.1, 0.15) is 58.1 Å². The van der Waals surface area contributed by atoms with Gasteiger partial charge in [-0.25, -0.2) is 9.59 Å². The van der Waals surface area contributed by atoms with Gasteiger partial charge in [0.2, 0.25) is 0 Å². The number of aryl methyl sites for hydroxylation is 1. The third-order valence-electron chi connectivity index (χ3n) is 6.73. The van der Waals surface area contributed by atoms with Crippen molar-refractivity contribution in [2.75, 3.05) is 46.1 Å². The Morgan fingerprint density at radius 2 is 1.86 bits per heavy atom. The summed E-state index contributed by atoms with van der Waals surface area (Å²) < 4.78 is 27.1. The maximum atomic E-state index is 13.1. The number of carbonyl (C=O) groups excluding carboxylic acids is 2. The van der Waals surface area contributed by atoms with Gasteiger partial charge in [0.25, 0.3) is 0 Å². The number of esters is 1. The molecule has 0 spiro atoms. The van der Waals surface area contributed by atoms with E-state index < -0.39 is 23.7 Å². The highest BCUT2D eigenvalue weighted by Crippen LogP contribution is 2.39. The molecule has 1 aromatic heterocycles. The van der Waals surface area contributed by atoms with Crippen LogP contribution in [0.15, 0.2) is 18.2 Å². The number of nitrogens with zero attached hydrogens (tertiary/aromatic N) is 3. The fourth-order valence-corrected chi connectivity index (χ4v) is 4.87. The lowest BCUT2D eigenvalue weighted by Crippen LogP contribution is -2.55. The number of nitrogens with one attached hydrogen (secondary N) is 1. The van der Waals surface area contributed by atoms with Crippen LogP contribution in [0.4, 0.5) is 10.6 Å². The predicted molar refractivity (Wildman–Crippen MR) is 158 cm³/mol. The first-order valence-corrected chi connectivity index (χ1v) is 14.4. The molecule has 0 saturated carbocycles. The first-order valence-electron chi connectivity index (χ1n) is 14.4. The van der Waals surface area contributed by atoms with Crippen LogP contribution < -0.4 is 14.8 Å². The molecule has 0 aliphatic carbocycles. The Bertz CT molecular complexity index is 1230. The highest BCUT2D eigenvalue weighted by molar-refractivity contribution is 5.82. The number of aliphatic hydroxyl groups is 2. The summed E-state index contributed by atoms with van der Waals surface area (Å²) in [5.41, 5.74) is 1.57. The van der Waals surface area contributed by atoms with Crippen molar-refractivity contribution in [1.29, 1.82) is 0 Å². The summed E-state index contributed by atoms with van der Waals surface area (Å²) in [6.45, 7) is 7.06. The lowest BCUT2D eigenvalue weighted by atomic mass is 9.96. The first kappa shape index (κ1) is 33.8. The molecular weight excluding hydrogens is 560 g/mol. The molecule has 2 aromatic rings. The van der Waals surface area contributed by atoms with E-state index in [1.165, 1.54) is 19.1 Å². The monoisotopic (exact) mass is 604 g/mol. The fourth-order valence-electron chi connectivity index (χ4n) is 4.87. The number of anilines is 1. The second kappa shape index (κ2) is 15.7. The van der Waals surface area contributed by atoms with E-state index in [4.69, 9.17) is 23.7 Å². The molecule has 238 valence electrons. The Morgan fingerprint density at radius 1 is 1.09 bits per heavy atom. The van der Waals surface area contributed by atoms with Gasteiger partial charge >= 0.3 is 12.1 Å². The minimum atomic E-state index is -0.751. The fraction of sp³-hybridized carbons (Fsp3) is 0.600. The summed E-state index contributed by atoms with van der Waals surface area (Å²) >= 11 is 0. The smallest absolute Gasteiger partial charge is 0.411 e. The van der Waals surface area contributed by atoms with Crippen LogP contribution in [0.3, 0.4) is 0 Å². The number of hydrogen-bond acceptors (Lipinski definition) is 12. The number of piperidine rings is 1.